The maximum absolute atomic E-state index is 16.5. The minimum Gasteiger partial charge on any atom is -0.411 e. The van der Waals surface area contributed by atoms with E-state index in [0.717, 1.165) is 6.33 Å². The summed E-state index contributed by atoms with van der Waals surface area (Å²) >= 11 is 0. The van der Waals surface area contributed by atoms with Crippen LogP contribution in [0.3, 0.4) is 0 Å². The van der Waals surface area contributed by atoms with E-state index in [1.807, 2.05) is 47.7 Å². The molecule has 4 unspecified atom stereocenters. The smallest absolute Gasteiger partial charge is 0.411 e. The van der Waals surface area contributed by atoms with Crippen molar-refractivity contribution < 1.29 is 50.6 Å². The average Bonchev–Trinajstić information content (AvgIpc) is 3.78. The van der Waals surface area contributed by atoms with E-state index in [9.17, 15) is 23.7 Å². The third-order valence-electron chi connectivity index (χ3n) is 10.9. The van der Waals surface area contributed by atoms with Gasteiger partial charge in [-0.05, 0) is 31.0 Å². The molecule has 56 heavy (non-hydrogen) atoms. The minimum atomic E-state index is -5.21. The summed E-state index contributed by atoms with van der Waals surface area (Å²) in [6, 6.07) is 0. The quantitative estimate of drug-likeness (QED) is 0.130. The molecule has 0 radical (unpaired) electrons. The molecule has 0 bridgehead atoms. The number of nitrogen functional groups attached to an aromatic ring is 2. The normalized spacial score (nSPS) is 33.1. The number of hydrogen-bond donors (Lipinski definition) is 5. The molecular formula is C31H49FN10O11P2Si. The molecule has 0 aliphatic carbocycles. The number of fused-ring (bicyclic) bond motifs is 3. The number of halogens is 1. The molecule has 0 aromatic carbocycles. The maximum Gasteiger partial charge on any atom is 0.472 e. The van der Waals surface area contributed by atoms with Crippen LogP contribution in [0.5, 0.6) is 0 Å². The molecule has 4 aromatic heterocycles. The molecule has 2 saturated heterocycles. The molecule has 6 rings (SSSR count). The Labute approximate surface area is 322 Å². The lowest BCUT2D eigenvalue weighted by Crippen LogP contribution is -2.58. The molecule has 6 heterocycles. The van der Waals surface area contributed by atoms with Gasteiger partial charge >= 0.3 is 15.6 Å². The van der Waals surface area contributed by atoms with E-state index in [1.54, 1.807) is 0 Å². The molecule has 0 amide bonds. The first-order chi connectivity index (χ1) is 26.0. The van der Waals surface area contributed by atoms with Crippen molar-refractivity contribution in [1.29, 1.82) is 0 Å². The standard InChI is InChI=1S/C31H49FN10O11P2Si/c1-9-16(2)17-10-48-54(44,45)51-22-18(50-28(19(22)32)42-15-38-20-24(33)35-13-36-25(20)42)11-49-55(46,47)53-31(6,23(17)52-56(7,8)30(3,4)5)12-41-14-37-21-26(41)39-29(34)40-27(21)43/h13-19,22-23,28H,9-12H2,1-8H3,(H,44,45)(H,46,47)(H2,33,35,36)(H3,34,39,40,43)/t16-,17?,18-,19-,22-,23?,28-,31-/m1/s1. The molecule has 10 atom stereocenters. The number of H-pyrrole nitrogens is 1. The number of nitrogens with one attached hydrogen (secondary N) is 1. The first-order valence-electron chi connectivity index (χ1n) is 17.9. The highest BCUT2D eigenvalue weighted by molar-refractivity contribution is 7.47. The largest absolute Gasteiger partial charge is 0.472 e. The second-order valence-electron chi connectivity index (χ2n) is 15.9. The molecule has 7 N–H and O–H groups in total. The lowest BCUT2D eigenvalue weighted by molar-refractivity contribution is -0.107. The van der Waals surface area contributed by atoms with E-state index in [1.165, 1.54) is 28.7 Å². The Kier molecular flexibility index (Phi) is 11.5. The number of aromatic nitrogens is 8. The second-order valence-corrected chi connectivity index (χ2v) is 23.5. The van der Waals surface area contributed by atoms with Gasteiger partial charge in [-0.1, -0.05) is 41.0 Å². The SMILES string of the molecule is CC[C@@H](C)C1COP(=O)(O)O[C@H]2[C@@H](F)[C@H](n3cnc4c(N)ncnc43)O[C@@H]2COP(=O)(O)O[C@](C)(Cn2cnc3c(=O)[nH]c(N)nc32)C1O[Si](C)(C)C(C)(C)C. The fraction of sp³-hybridized carbons (Fsp3) is 0.677. The lowest BCUT2D eigenvalue weighted by atomic mass is 9.80. The second kappa shape index (κ2) is 15.2. The van der Waals surface area contributed by atoms with Crippen molar-refractivity contribution in [3.63, 3.8) is 0 Å². The van der Waals surface area contributed by atoms with Gasteiger partial charge < -0.3 is 35.0 Å². The van der Waals surface area contributed by atoms with Crippen LogP contribution in [0.4, 0.5) is 16.2 Å². The summed E-state index contributed by atoms with van der Waals surface area (Å²) in [7, 11) is -13.2. The molecule has 2 fully saturated rings. The van der Waals surface area contributed by atoms with Gasteiger partial charge in [0, 0.05) is 5.92 Å². The maximum atomic E-state index is 16.5. The van der Waals surface area contributed by atoms with Gasteiger partial charge in [0.25, 0.3) is 5.56 Å². The number of anilines is 2. The molecular weight excluding hydrogens is 797 g/mol. The Balaban J connectivity index is 1.46. The lowest BCUT2D eigenvalue weighted by Gasteiger charge is -2.49. The summed E-state index contributed by atoms with van der Waals surface area (Å²) < 4.78 is 83.0. The highest BCUT2D eigenvalue weighted by Gasteiger charge is 2.55. The topological polar surface area (TPSA) is 289 Å². The summed E-state index contributed by atoms with van der Waals surface area (Å²) in [6.45, 7) is 13.5. The summed E-state index contributed by atoms with van der Waals surface area (Å²) in [6.07, 6.45) is -4.24. The van der Waals surface area contributed by atoms with Crippen LogP contribution in [0, 0.1) is 11.8 Å². The van der Waals surface area contributed by atoms with Gasteiger partial charge in [-0.2, -0.15) is 4.98 Å². The van der Waals surface area contributed by atoms with Crippen molar-refractivity contribution in [3.8, 4) is 0 Å². The highest BCUT2D eigenvalue weighted by Crippen LogP contribution is 2.55. The van der Waals surface area contributed by atoms with E-state index in [2.05, 4.69) is 29.9 Å². The van der Waals surface area contributed by atoms with Crippen LogP contribution in [0.25, 0.3) is 22.3 Å². The van der Waals surface area contributed by atoms with Gasteiger partial charge in [0.1, 0.15) is 29.7 Å². The van der Waals surface area contributed by atoms with Crippen LogP contribution in [-0.4, -0.2) is 100 Å². The fourth-order valence-electron chi connectivity index (χ4n) is 6.66. The monoisotopic (exact) mass is 846 g/mol. The van der Waals surface area contributed by atoms with Gasteiger partial charge in [-0.25, -0.2) is 33.5 Å². The molecule has 4 aromatic rings. The number of nitrogens with zero attached hydrogens (tertiary/aromatic N) is 7. The molecule has 310 valence electrons. The minimum absolute atomic E-state index is 0.0143. The van der Waals surface area contributed by atoms with Gasteiger partial charge in [0.2, 0.25) is 5.95 Å². The summed E-state index contributed by atoms with van der Waals surface area (Å²) in [5.41, 5.74) is 9.54. The molecule has 2 aliphatic rings. The van der Waals surface area contributed by atoms with Crippen molar-refractivity contribution in [2.75, 3.05) is 24.7 Å². The first-order valence-corrected chi connectivity index (χ1v) is 23.8. The van der Waals surface area contributed by atoms with Crippen molar-refractivity contribution in [2.45, 2.75) is 109 Å². The molecule has 0 spiro atoms. The summed E-state index contributed by atoms with van der Waals surface area (Å²) in [4.78, 5) is 58.5. The highest BCUT2D eigenvalue weighted by atomic mass is 31.2. The molecule has 0 saturated carbocycles. The number of ether oxygens (including phenoxy) is 1. The van der Waals surface area contributed by atoms with Crippen LogP contribution in [0.15, 0.2) is 23.8 Å². The van der Waals surface area contributed by atoms with Crippen LogP contribution in [0.1, 0.15) is 54.2 Å². The number of imidazole rings is 2. The zero-order valence-electron chi connectivity index (χ0n) is 32.2. The van der Waals surface area contributed by atoms with Gasteiger partial charge in [0.15, 0.2) is 43.3 Å². The number of rotatable bonds is 7. The molecule has 21 nitrogen and oxygen atoms in total. The third kappa shape index (κ3) is 8.35. The Morgan fingerprint density at radius 3 is 2.45 bits per heavy atom. The van der Waals surface area contributed by atoms with Crippen molar-refractivity contribution in [1.82, 2.24) is 39.0 Å². The summed E-state index contributed by atoms with van der Waals surface area (Å²) in [5.74, 6) is -1.37. The Morgan fingerprint density at radius 2 is 1.77 bits per heavy atom. The van der Waals surface area contributed by atoms with Crippen molar-refractivity contribution in [2.24, 2.45) is 11.8 Å². The van der Waals surface area contributed by atoms with Crippen LogP contribution < -0.4 is 17.0 Å². The number of nitrogens with two attached hydrogens (primary N) is 2. The van der Waals surface area contributed by atoms with Crippen molar-refractivity contribution >= 4 is 58.1 Å². The Bertz CT molecular complexity index is 2240. The number of hydrogen-bond acceptors (Lipinski definition) is 16. The van der Waals surface area contributed by atoms with Crippen LogP contribution >= 0.6 is 15.6 Å². The predicted octanol–water partition coefficient (Wildman–Crippen LogP) is 3.82. The number of phosphoric ester groups is 2. The predicted molar refractivity (Wildman–Crippen MR) is 202 cm³/mol. The van der Waals surface area contributed by atoms with E-state index < -0.39 is 90.0 Å². The third-order valence-corrected chi connectivity index (χ3v) is 17.5. The van der Waals surface area contributed by atoms with Gasteiger partial charge in [-0.3, -0.25) is 32.4 Å². The fourth-order valence-corrected chi connectivity index (χ4v) is 10.1. The zero-order chi connectivity index (χ0) is 41.2. The molecule has 2 aliphatic heterocycles. The zero-order valence-corrected chi connectivity index (χ0v) is 35.0. The summed E-state index contributed by atoms with van der Waals surface area (Å²) in [5, 5.41) is -0.407. The Morgan fingerprint density at radius 1 is 1.09 bits per heavy atom. The van der Waals surface area contributed by atoms with E-state index in [4.69, 9.17) is 38.7 Å². The number of alkyl halides is 1. The number of aromatic amines is 1. The van der Waals surface area contributed by atoms with Crippen LogP contribution in [0.2, 0.25) is 18.1 Å². The van der Waals surface area contributed by atoms with Crippen LogP contribution in [-0.2, 0) is 42.9 Å². The van der Waals surface area contributed by atoms with E-state index in [0.29, 0.717) is 6.42 Å². The average molecular weight is 847 g/mol. The first kappa shape index (κ1) is 42.4. The Hall–Kier alpha value is -3.21. The van der Waals surface area contributed by atoms with Gasteiger partial charge in [0.05, 0.1) is 38.5 Å². The molecule has 25 heteroatoms. The number of phosphoric acid groups is 2. The van der Waals surface area contributed by atoms with E-state index >= 15 is 4.39 Å². The van der Waals surface area contributed by atoms with Gasteiger partial charge in [-0.15, -0.1) is 0 Å². The van der Waals surface area contributed by atoms with Crippen molar-refractivity contribution in [3.05, 3.63) is 29.3 Å². The van der Waals surface area contributed by atoms with E-state index in [-0.39, 0.29) is 46.6 Å².